The number of hydrogen-bond acceptors (Lipinski definition) is 5. The Morgan fingerprint density at radius 2 is 1.71 bits per heavy atom. The number of nitrogens with one attached hydrogen (secondary N) is 2. The number of aromatic nitrogens is 1. The number of nitrogens with zero attached hydrogens (tertiary/aromatic N) is 2. The molecule has 0 saturated carbocycles. The van der Waals surface area contributed by atoms with Crippen molar-refractivity contribution in [3.8, 4) is 0 Å². The molecule has 11 heteroatoms. The lowest BCUT2D eigenvalue weighted by atomic mass is 10.3. The maximum Gasteiger partial charge on any atom is 0.251 e. The molecule has 0 fully saturated rings. The van der Waals surface area contributed by atoms with Crippen LogP contribution in [0.1, 0.15) is 0 Å². The van der Waals surface area contributed by atoms with Crippen LogP contribution in [0, 0.1) is 5.82 Å². The summed E-state index contributed by atoms with van der Waals surface area (Å²) in [5.74, 6) is -1.65. The fourth-order valence-electron chi connectivity index (χ4n) is 2.12. The van der Waals surface area contributed by atoms with Gasteiger partial charge in [-0.05, 0) is 30.3 Å². The minimum absolute atomic E-state index is 0.140. The number of amides is 2. The summed E-state index contributed by atoms with van der Waals surface area (Å²) in [4.78, 5) is 35.5. The lowest BCUT2D eigenvalue weighted by Crippen LogP contribution is -2.37. The first-order valence-corrected chi connectivity index (χ1v) is 9.49. The highest BCUT2D eigenvalue weighted by Crippen LogP contribution is 2.10. The molecule has 0 spiro atoms. The Balaban J connectivity index is 1.98. The maximum atomic E-state index is 12.8. The Hall–Kier alpha value is -3.05. The monoisotopic (exact) mass is 410 g/mol. The fraction of sp³-hybridized carbons (Fsp3) is 0.235. The van der Waals surface area contributed by atoms with Crippen molar-refractivity contribution in [3.63, 3.8) is 0 Å². The topological polar surface area (TPSA) is 118 Å². The van der Waals surface area contributed by atoms with Crippen molar-refractivity contribution in [3.05, 3.63) is 58.8 Å². The minimum Gasteiger partial charge on any atom is -0.345 e. The third-order valence-corrected chi connectivity index (χ3v) is 5.42. The lowest BCUT2D eigenvalue weighted by molar-refractivity contribution is -0.124. The van der Waals surface area contributed by atoms with Gasteiger partial charge in [0.2, 0.25) is 21.8 Å². The zero-order chi connectivity index (χ0) is 20.9. The van der Waals surface area contributed by atoms with Crippen molar-refractivity contribution in [1.29, 1.82) is 0 Å². The zero-order valence-electron chi connectivity index (χ0n) is 15.2. The average Bonchev–Trinajstić information content (AvgIpc) is 2.63. The second-order valence-corrected chi connectivity index (χ2v) is 8.10. The van der Waals surface area contributed by atoms with Crippen molar-refractivity contribution in [2.45, 2.75) is 11.4 Å². The molecule has 0 aliphatic heterocycles. The number of sulfonamides is 1. The van der Waals surface area contributed by atoms with Crippen LogP contribution >= 0.6 is 0 Å². The number of rotatable bonds is 7. The van der Waals surface area contributed by atoms with Crippen LogP contribution in [0.5, 0.6) is 0 Å². The third-order valence-electron chi connectivity index (χ3n) is 3.62. The number of anilines is 1. The second-order valence-electron chi connectivity index (χ2n) is 5.95. The van der Waals surface area contributed by atoms with Gasteiger partial charge in [0.25, 0.3) is 5.56 Å². The highest BCUT2D eigenvalue weighted by Gasteiger charge is 2.18. The Morgan fingerprint density at radius 1 is 1.07 bits per heavy atom. The summed E-state index contributed by atoms with van der Waals surface area (Å²) in [5.41, 5.74) is -0.206. The van der Waals surface area contributed by atoms with Crippen molar-refractivity contribution in [2.24, 2.45) is 0 Å². The SMILES string of the molecule is CN(C)S(=O)(=O)c1ccc(=O)n(CC(=O)NCC(=O)Nc2ccc(F)cc2)c1. The van der Waals surface area contributed by atoms with Gasteiger partial charge in [-0.15, -0.1) is 0 Å². The number of carbonyl (C=O) groups excluding carboxylic acids is 2. The summed E-state index contributed by atoms with van der Waals surface area (Å²) in [6.45, 7) is -0.833. The van der Waals surface area contributed by atoms with Gasteiger partial charge in [-0.25, -0.2) is 17.1 Å². The first kappa shape index (κ1) is 21.3. The van der Waals surface area contributed by atoms with Crippen molar-refractivity contribution < 1.29 is 22.4 Å². The Morgan fingerprint density at radius 3 is 2.32 bits per heavy atom. The average molecular weight is 410 g/mol. The summed E-state index contributed by atoms with van der Waals surface area (Å²) < 4.78 is 39.0. The number of carbonyl (C=O) groups is 2. The van der Waals surface area contributed by atoms with E-state index in [1.165, 1.54) is 38.4 Å². The Labute approximate surface area is 160 Å². The van der Waals surface area contributed by atoms with Gasteiger partial charge in [0, 0.05) is 32.0 Å². The minimum atomic E-state index is -3.76. The largest absolute Gasteiger partial charge is 0.345 e. The number of benzene rings is 1. The summed E-state index contributed by atoms with van der Waals surface area (Å²) in [6.07, 6.45) is 1.07. The molecule has 150 valence electrons. The van der Waals surface area contributed by atoms with Crippen LogP contribution < -0.4 is 16.2 Å². The smallest absolute Gasteiger partial charge is 0.251 e. The van der Waals surface area contributed by atoms with E-state index in [1.807, 2.05) is 0 Å². The van der Waals surface area contributed by atoms with E-state index < -0.39 is 39.8 Å². The van der Waals surface area contributed by atoms with Crippen LogP contribution in [-0.2, 0) is 26.2 Å². The van der Waals surface area contributed by atoms with Crippen LogP contribution in [0.25, 0.3) is 0 Å². The van der Waals surface area contributed by atoms with Crippen LogP contribution in [-0.4, -0.2) is 49.7 Å². The van der Waals surface area contributed by atoms with E-state index in [1.54, 1.807) is 0 Å². The molecule has 2 amide bonds. The predicted octanol–water partition coefficient (Wildman–Crippen LogP) is -0.00740. The normalized spacial score (nSPS) is 11.3. The van der Waals surface area contributed by atoms with Crippen LogP contribution in [0.2, 0.25) is 0 Å². The molecule has 2 rings (SSSR count). The number of hydrogen-bond donors (Lipinski definition) is 2. The molecular weight excluding hydrogens is 391 g/mol. The van der Waals surface area contributed by atoms with Gasteiger partial charge in [0.15, 0.2) is 0 Å². The highest BCUT2D eigenvalue weighted by atomic mass is 32.2. The Bertz CT molecular complexity index is 1030. The fourth-order valence-corrected chi connectivity index (χ4v) is 3.05. The van der Waals surface area contributed by atoms with E-state index in [2.05, 4.69) is 10.6 Å². The van der Waals surface area contributed by atoms with Gasteiger partial charge in [-0.1, -0.05) is 0 Å². The lowest BCUT2D eigenvalue weighted by Gasteiger charge is -2.13. The summed E-state index contributed by atoms with van der Waals surface area (Å²) in [6, 6.07) is 7.29. The van der Waals surface area contributed by atoms with E-state index in [4.69, 9.17) is 0 Å². The molecule has 2 N–H and O–H groups in total. The van der Waals surface area contributed by atoms with Crippen LogP contribution in [0.4, 0.5) is 10.1 Å². The zero-order valence-corrected chi connectivity index (χ0v) is 16.0. The number of pyridine rings is 1. The van der Waals surface area contributed by atoms with Gasteiger partial charge < -0.3 is 15.2 Å². The molecule has 0 unspecified atom stereocenters. The quantitative estimate of drug-likeness (QED) is 0.666. The van der Waals surface area contributed by atoms with E-state index in [9.17, 15) is 27.2 Å². The molecule has 0 radical (unpaired) electrons. The second kappa shape index (κ2) is 8.76. The van der Waals surface area contributed by atoms with Crippen molar-refractivity contribution >= 4 is 27.5 Å². The highest BCUT2D eigenvalue weighted by molar-refractivity contribution is 7.89. The van der Waals surface area contributed by atoms with E-state index in [0.29, 0.717) is 5.69 Å². The van der Waals surface area contributed by atoms with Crippen molar-refractivity contribution in [2.75, 3.05) is 26.0 Å². The molecule has 2 aromatic rings. The van der Waals surface area contributed by atoms with Gasteiger partial charge in [-0.3, -0.25) is 14.4 Å². The first-order valence-electron chi connectivity index (χ1n) is 8.05. The van der Waals surface area contributed by atoms with Gasteiger partial charge in [0.1, 0.15) is 12.4 Å². The van der Waals surface area contributed by atoms with E-state index >= 15 is 0 Å². The summed E-state index contributed by atoms with van der Waals surface area (Å²) in [5, 5.41) is 4.79. The molecule has 0 aliphatic carbocycles. The van der Waals surface area contributed by atoms with Gasteiger partial charge in [0.05, 0.1) is 11.4 Å². The third kappa shape index (κ3) is 5.47. The molecule has 28 heavy (non-hydrogen) atoms. The molecule has 9 nitrogen and oxygen atoms in total. The van der Waals surface area contributed by atoms with Gasteiger partial charge in [-0.2, -0.15) is 0 Å². The molecular formula is C17H19FN4O5S. The Kier molecular flexibility index (Phi) is 6.65. The van der Waals surface area contributed by atoms with E-state index in [0.717, 1.165) is 27.2 Å². The summed E-state index contributed by atoms with van der Waals surface area (Å²) >= 11 is 0. The molecule has 0 bridgehead atoms. The molecule has 0 atom stereocenters. The number of halogens is 1. The molecule has 1 heterocycles. The molecule has 0 aliphatic rings. The maximum absolute atomic E-state index is 12.8. The van der Waals surface area contributed by atoms with Crippen molar-refractivity contribution in [1.82, 2.24) is 14.2 Å². The predicted molar refractivity (Wildman–Crippen MR) is 99.6 cm³/mol. The first-order chi connectivity index (χ1) is 13.1. The summed E-state index contributed by atoms with van der Waals surface area (Å²) in [7, 11) is -1.08. The standard InChI is InChI=1S/C17H19FN4O5S/c1-21(2)28(26,27)14-7-8-17(25)22(10-14)11-16(24)19-9-15(23)20-13-5-3-12(18)4-6-13/h3-8,10H,9,11H2,1-2H3,(H,19,24)(H,20,23). The van der Waals surface area contributed by atoms with Gasteiger partial charge >= 0.3 is 0 Å². The van der Waals surface area contributed by atoms with E-state index in [-0.39, 0.29) is 11.4 Å². The molecule has 1 aromatic carbocycles. The van der Waals surface area contributed by atoms with Crippen LogP contribution in [0.15, 0.2) is 52.3 Å². The molecule has 1 aromatic heterocycles. The molecule has 0 saturated heterocycles. The van der Waals surface area contributed by atoms with Crippen LogP contribution in [0.3, 0.4) is 0 Å².